The molecule has 0 spiro atoms. The first-order valence-electron chi connectivity index (χ1n) is 13.3. The Hall–Kier alpha value is -1.42. The zero-order valence-corrected chi connectivity index (χ0v) is 23.9. The summed E-state index contributed by atoms with van der Waals surface area (Å²) in [6.45, 7) is 7.17. The van der Waals surface area contributed by atoms with Crippen molar-refractivity contribution in [2.24, 2.45) is 11.3 Å². The number of esters is 2. The van der Waals surface area contributed by atoms with Crippen LogP contribution in [0.15, 0.2) is 0 Å². The van der Waals surface area contributed by atoms with Gasteiger partial charge in [-0.3, -0.25) is 14.4 Å². The summed E-state index contributed by atoms with van der Waals surface area (Å²) in [5.74, 6) is 0.477. The number of Topliss-reactive ketones (excluding diaryl/α,β-unsaturated/α-hetero) is 1. The van der Waals surface area contributed by atoms with Gasteiger partial charge in [-0.15, -0.1) is 0 Å². The standard InChI is InChI=1S/C26H45NO7S2/c1-4-10-21(11-5-2)22(28)18-23(29)33-14-16-35-36-17-15-34-25(31)27-20-26(12-8-7-9-13-26)19-24(30)32-6-3/h21H,4-20H2,1-3H3,(H,27,31). The minimum Gasteiger partial charge on any atom is -0.466 e. The zero-order valence-electron chi connectivity index (χ0n) is 22.3. The van der Waals surface area contributed by atoms with Crippen molar-refractivity contribution in [1.29, 1.82) is 0 Å². The van der Waals surface area contributed by atoms with E-state index in [0.29, 0.717) is 31.1 Å². The molecule has 0 atom stereocenters. The van der Waals surface area contributed by atoms with Crippen molar-refractivity contribution in [2.45, 2.75) is 91.4 Å². The van der Waals surface area contributed by atoms with Gasteiger partial charge in [0.25, 0.3) is 0 Å². The van der Waals surface area contributed by atoms with Crippen LogP contribution in [0.5, 0.6) is 0 Å². The highest BCUT2D eigenvalue weighted by Crippen LogP contribution is 2.39. The van der Waals surface area contributed by atoms with Crippen LogP contribution >= 0.6 is 21.6 Å². The van der Waals surface area contributed by atoms with E-state index in [2.05, 4.69) is 5.32 Å². The van der Waals surface area contributed by atoms with Gasteiger partial charge in [0.15, 0.2) is 0 Å². The summed E-state index contributed by atoms with van der Waals surface area (Å²) in [6.07, 6.45) is 8.25. The Morgan fingerprint density at radius 1 is 0.833 bits per heavy atom. The fraction of sp³-hybridized carbons (Fsp3) is 0.846. The molecule has 0 radical (unpaired) electrons. The molecule has 1 saturated carbocycles. The lowest BCUT2D eigenvalue weighted by Crippen LogP contribution is -2.41. The first-order valence-corrected chi connectivity index (χ1v) is 15.8. The van der Waals surface area contributed by atoms with E-state index in [1.807, 2.05) is 13.8 Å². The molecule has 0 bridgehead atoms. The average Bonchev–Trinajstić information content (AvgIpc) is 2.85. The molecule has 1 fully saturated rings. The summed E-state index contributed by atoms with van der Waals surface area (Å²) < 4.78 is 15.6. The summed E-state index contributed by atoms with van der Waals surface area (Å²) >= 11 is 0. The first kappa shape index (κ1) is 32.6. The molecule has 0 aliphatic heterocycles. The number of amides is 1. The van der Waals surface area contributed by atoms with E-state index in [0.717, 1.165) is 57.8 Å². The van der Waals surface area contributed by atoms with Gasteiger partial charge < -0.3 is 19.5 Å². The highest BCUT2D eigenvalue weighted by Gasteiger charge is 2.35. The Bertz CT molecular complexity index is 663. The summed E-state index contributed by atoms with van der Waals surface area (Å²) in [5.41, 5.74) is -0.247. The van der Waals surface area contributed by atoms with Crippen LogP contribution in [-0.2, 0) is 28.6 Å². The van der Waals surface area contributed by atoms with Crippen molar-refractivity contribution < 1.29 is 33.4 Å². The average molecular weight is 548 g/mol. The maximum Gasteiger partial charge on any atom is 0.407 e. The number of nitrogens with one attached hydrogen (secondary N) is 1. The molecule has 0 saturated heterocycles. The maximum absolute atomic E-state index is 12.2. The number of carbonyl (C=O) groups excluding carboxylic acids is 4. The normalized spacial score (nSPS) is 14.8. The van der Waals surface area contributed by atoms with E-state index in [1.54, 1.807) is 6.92 Å². The number of ether oxygens (including phenoxy) is 3. The Kier molecular flexibility index (Phi) is 17.8. The minimum atomic E-state index is -0.475. The Morgan fingerprint density at radius 2 is 1.44 bits per heavy atom. The third-order valence-corrected chi connectivity index (χ3v) is 8.64. The Morgan fingerprint density at radius 3 is 2.03 bits per heavy atom. The van der Waals surface area contributed by atoms with Crippen molar-refractivity contribution in [3.05, 3.63) is 0 Å². The molecule has 208 valence electrons. The van der Waals surface area contributed by atoms with Crippen LogP contribution in [0.3, 0.4) is 0 Å². The SMILES string of the molecule is CCCC(CCC)C(=O)CC(=O)OCCSSCCOC(=O)NCC1(CC(=O)OCC)CCCCC1. The van der Waals surface area contributed by atoms with Crippen LogP contribution in [0, 0.1) is 11.3 Å². The number of alkyl carbamates (subject to hydrolysis) is 1. The zero-order chi connectivity index (χ0) is 26.7. The number of hydrogen-bond donors (Lipinski definition) is 1. The van der Waals surface area contributed by atoms with E-state index < -0.39 is 12.1 Å². The quantitative estimate of drug-likeness (QED) is 0.0714. The second-order valence-corrected chi connectivity index (χ2v) is 12.0. The van der Waals surface area contributed by atoms with Gasteiger partial charge >= 0.3 is 18.0 Å². The van der Waals surface area contributed by atoms with E-state index in [1.165, 1.54) is 21.6 Å². The van der Waals surface area contributed by atoms with Crippen LogP contribution in [0.1, 0.15) is 91.4 Å². The predicted octanol–water partition coefficient (Wildman–Crippen LogP) is 5.72. The molecule has 36 heavy (non-hydrogen) atoms. The number of ketones is 1. The third kappa shape index (κ3) is 14.4. The van der Waals surface area contributed by atoms with Crippen LogP contribution in [0.25, 0.3) is 0 Å². The van der Waals surface area contributed by atoms with Gasteiger partial charge in [-0.1, -0.05) is 67.5 Å². The fourth-order valence-electron chi connectivity index (χ4n) is 4.52. The number of hydrogen-bond acceptors (Lipinski definition) is 9. The van der Waals surface area contributed by atoms with Crippen LogP contribution in [-0.4, -0.2) is 61.7 Å². The molecular weight excluding hydrogens is 502 g/mol. The van der Waals surface area contributed by atoms with E-state index >= 15 is 0 Å². The lowest BCUT2D eigenvalue weighted by molar-refractivity contribution is -0.147. The first-order chi connectivity index (χ1) is 17.4. The second-order valence-electron chi connectivity index (χ2n) is 9.31. The molecule has 0 aromatic heterocycles. The minimum absolute atomic E-state index is 0.0172. The topological polar surface area (TPSA) is 108 Å². The smallest absolute Gasteiger partial charge is 0.407 e. The third-order valence-electron chi connectivity index (χ3n) is 6.31. The number of rotatable bonds is 19. The second kappa shape index (κ2) is 19.7. The molecular formula is C26H45NO7S2. The summed E-state index contributed by atoms with van der Waals surface area (Å²) in [6, 6.07) is 0. The van der Waals surface area contributed by atoms with Crippen molar-refractivity contribution in [1.82, 2.24) is 5.32 Å². The van der Waals surface area contributed by atoms with Crippen LogP contribution < -0.4 is 5.32 Å². The molecule has 1 aliphatic carbocycles. The van der Waals surface area contributed by atoms with Gasteiger partial charge in [0.05, 0.1) is 13.0 Å². The molecule has 0 aromatic carbocycles. The van der Waals surface area contributed by atoms with Crippen molar-refractivity contribution in [3.63, 3.8) is 0 Å². The van der Waals surface area contributed by atoms with Gasteiger partial charge in [0.1, 0.15) is 25.4 Å². The molecule has 1 N–H and O–H groups in total. The number of carbonyl (C=O) groups is 4. The summed E-state index contributed by atoms with van der Waals surface area (Å²) in [7, 11) is 3.06. The highest BCUT2D eigenvalue weighted by atomic mass is 33.1. The lowest BCUT2D eigenvalue weighted by Gasteiger charge is -2.36. The molecule has 1 rings (SSSR count). The monoisotopic (exact) mass is 547 g/mol. The van der Waals surface area contributed by atoms with Gasteiger partial charge in [-0.05, 0) is 38.0 Å². The van der Waals surface area contributed by atoms with Gasteiger partial charge in [-0.25, -0.2) is 4.79 Å². The van der Waals surface area contributed by atoms with Gasteiger partial charge in [0, 0.05) is 24.0 Å². The van der Waals surface area contributed by atoms with E-state index in [9.17, 15) is 19.2 Å². The largest absolute Gasteiger partial charge is 0.466 e. The predicted molar refractivity (Wildman–Crippen MR) is 145 cm³/mol. The van der Waals surface area contributed by atoms with Crippen molar-refractivity contribution in [2.75, 3.05) is 37.9 Å². The highest BCUT2D eigenvalue weighted by molar-refractivity contribution is 8.76. The van der Waals surface area contributed by atoms with E-state index in [4.69, 9.17) is 14.2 Å². The van der Waals surface area contributed by atoms with Crippen molar-refractivity contribution >= 4 is 45.4 Å². The molecule has 1 aliphatic rings. The Labute approximate surface area is 224 Å². The fourth-order valence-corrected chi connectivity index (χ4v) is 6.18. The van der Waals surface area contributed by atoms with Gasteiger partial charge in [0.2, 0.25) is 0 Å². The molecule has 0 unspecified atom stereocenters. The molecule has 1 amide bonds. The van der Waals surface area contributed by atoms with Crippen LogP contribution in [0.2, 0.25) is 0 Å². The summed E-state index contributed by atoms with van der Waals surface area (Å²) in [4.78, 5) is 48.3. The van der Waals surface area contributed by atoms with Crippen LogP contribution in [0.4, 0.5) is 4.79 Å². The molecule has 0 aromatic rings. The molecule has 10 heteroatoms. The van der Waals surface area contributed by atoms with E-state index in [-0.39, 0.29) is 42.7 Å². The molecule has 0 heterocycles. The Balaban J connectivity index is 2.14. The lowest BCUT2D eigenvalue weighted by atomic mass is 9.72. The van der Waals surface area contributed by atoms with Gasteiger partial charge in [-0.2, -0.15) is 0 Å². The maximum atomic E-state index is 12.2. The molecule has 8 nitrogen and oxygen atoms in total. The summed E-state index contributed by atoms with van der Waals surface area (Å²) in [5, 5.41) is 2.83. The van der Waals surface area contributed by atoms with Crippen molar-refractivity contribution in [3.8, 4) is 0 Å².